The van der Waals surface area contributed by atoms with E-state index in [2.05, 4.69) is 34.6 Å². The molecule has 0 bridgehead atoms. The maximum absolute atomic E-state index is 12.2. The third kappa shape index (κ3) is 2.97. The zero-order valence-electron chi connectivity index (χ0n) is 12.1. The smallest absolute Gasteiger partial charge is 0.252 e. The molecule has 0 saturated heterocycles. The lowest BCUT2D eigenvalue weighted by Gasteiger charge is -2.30. The number of aromatic nitrogens is 1. The molecule has 1 N–H and O–H groups in total. The number of carbonyl (C=O) groups is 1. The Kier molecular flexibility index (Phi) is 4.00. The summed E-state index contributed by atoms with van der Waals surface area (Å²) in [6.07, 6.45) is 8.04. The quantitative estimate of drug-likeness (QED) is 0.933. The molecule has 1 aliphatic carbocycles. The molecule has 0 atom stereocenters. The van der Waals surface area contributed by atoms with Crippen LogP contribution >= 0.6 is 0 Å². The van der Waals surface area contributed by atoms with Gasteiger partial charge in [-0.1, -0.05) is 43.2 Å². The van der Waals surface area contributed by atoms with E-state index in [9.17, 15) is 4.79 Å². The summed E-state index contributed by atoms with van der Waals surface area (Å²) in [5.41, 5.74) is 2.06. The van der Waals surface area contributed by atoms with E-state index in [0.717, 1.165) is 12.8 Å². The Morgan fingerprint density at radius 2 is 1.86 bits per heavy atom. The maximum Gasteiger partial charge on any atom is 0.252 e. The van der Waals surface area contributed by atoms with Crippen LogP contribution in [0.1, 0.15) is 41.6 Å². The fourth-order valence-corrected chi connectivity index (χ4v) is 3.26. The van der Waals surface area contributed by atoms with Gasteiger partial charge < -0.3 is 5.32 Å². The van der Waals surface area contributed by atoms with Crippen LogP contribution in [-0.4, -0.2) is 17.4 Å². The summed E-state index contributed by atoms with van der Waals surface area (Å²) < 4.78 is 0. The van der Waals surface area contributed by atoms with Gasteiger partial charge in [0.25, 0.3) is 5.91 Å². The zero-order valence-corrected chi connectivity index (χ0v) is 12.1. The Morgan fingerprint density at radius 1 is 1.10 bits per heavy atom. The molecule has 1 saturated carbocycles. The Hall–Kier alpha value is -2.16. The lowest BCUT2D eigenvalue weighted by atomic mass is 9.79. The van der Waals surface area contributed by atoms with Crippen molar-refractivity contribution in [3.8, 4) is 0 Å². The number of hydrogen-bond acceptors (Lipinski definition) is 2. The Morgan fingerprint density at radius 3 is 2.52 bits per heavy atom. The molecule has 108 valence electrons. The van der Waals surface area contributed by atoms with E-state index < -0.39 is 0 Å². The average Bonchev–Trinajstić information content (AvgIpc) is 3.04. The molecular formula is C18H20N2O. The Balaban J connectivity index is 1.74. The van der Waals surface area contributed by atoms with Crippen molar-refractivity contribution in [3.63, 3.8) is 0 Å². The van der Waals surface area contributed by atoms with Crippen molar-refractivity contribution in [2.75, 3.05) is 6.54 Å². The third-order valence-electron chi connectivity index (χ3n) is 4.46. The van der Waals surface area contributed by atoms with Crippen LogP contribution in [0.15, 0.2) is 54.9 Å². The van der Waals surface area contributed by atoms with E-state index in [1.807, 2.05) is 6.07 Å². The summed E-state index contributed by atoms with van der Waals surface area (Å²) in [4.78, 5) is 16.2. The van der Waals surface area contributed by atoms with Crippen molar-refractivity contribution in [2.45, 2.75) is 31.1 Å². The van der Waals surface area contributed by atoms with Gasteiger partial charge in [0.15, 0.2) is 0 Å². The molecule has 1 aromatic heterocycles. The highest BCUT2D eigenvalue weighted by molar-refractivity contribution is 5.93. The first-order valence-corrected chi connectivity index (χ1v) is 7.54. The highest BCUT2D eigenvalue weighted by atomic mass is 16.1. The van der Waals surface area contributed by atoms with Gasteiger partial charge in [0.2, 0.25) is 0 Å². The molecular weight excluding hydrogens is 260 g/mol. The molecule has 1 fully saturated rings. The molecule has 0 unspecified atom stereocenters. The number of pyridine rings is 1. The number of nitrogens with one attached hydrogen (secondary N) is 1. The number of benzene rings is 1. The highest BCUT2D eigenvalue weighted by Crippen LogP contribution is 2.40. The minimum absolute atomic E-state index is 0.0368. The van der Waals surface area contributed by atoms with E-state index in [4.69, 9.17) is 0 Å². The molecule has 21 heavy (non-hydrogen) atoms. The second kappa shape index (κ2) is 6.08. The summed E-state index contributed by atoms with van der Waals surface area (Å²) in [5, 5.41) is 3.10. The van der Waals surface area contributed by atoms with Gasteiger partial charge in [-0.15, -0.1) is 0 Å². The molecule has 1 aromatic carbocycles. The number of rotatable bonds is 4. The molecule has 0 spiro atoms. The van der Waals surface area contributed by atoms with E-state index in [0.29, 0.717) is 12.1 Å². The second-order valence-electron chi connectivity index (χ2n) is 5.78. The number of nitrogens with zero attached hydrogens (tertiary/aromatic N) is 1. The molecule has 0 aliphatic heterocycles. The predicted molar refractivity (Wildman–Crippen MR) is 83.2 cm³/mol. The Bertz CT molecular complexity index is 589. The van der Waals surface area contributed by atoms with Gasteiger partial charge in [-0.05, 0) is 30.5 Å². The molecule has 0 radical (unpaired) electrons. The molecule has 3 heteroatoms. The topological polar surface area (TPSA) is 42.0 Å². The SMILES string of the molecule is O=C(NCC1(c2ccccc2)CCCC1)c1cccnc1. The van der Waals surface area contributed by atoms with Crippen LogP contribution in [0.2, 0.25) is 0 Å². The highest BCUT2D eigenvalue weighted by Gasteiger charge is 2.35. The average molecular weight is 280 g/mol. The van der Waals surface area contributed by atoms with Crippen molar-refractivity contribution in [2.24, 2.45) is 0 Å². The maximum atomic E-state index is 12.2. The fourth-order valence-electron chi connectivity index (χ4n) is 3.26. The minimum Gasteiger partial charge on any atom is -0.351 e. The number of amides is 1. The van der Waals surface area contributed by atoms with E-state index in [-0.39, 0.29) is 11.3 Å². The van der Waals surface area contributed by atoms with Gasteiger partial charge in [-0.2, -0.15) is 0 Å². The lowest BCUT2D eigenvalue weighted by Crippen LogP contribution is -2.39. The summed E-state index contributed by atoms with van der Waals surface area (Å²) in [6, 6.07) is 14.2. The van der Waals surface area contributed by atoms with Crippen molar-refractivity contribution >= 4 is 5.91 Å². The summed E-state index contributed by atoms with van der Waals surface area (Å²) in [6.45, 7) is 0.699. The predicted octanol–water partition coefficient (Wildman–Crippen LogP) is 3.32. The van der Waals surface area contributed by atoms with Gasteiger partial charge >= 0.3 is 0 Å². The van der Waals surface area contributed by atoms with Crippen LogP contribution in [0.25, 0.3) is 0 Å². The molecule has 2 aromatic rings. The second-order valence-corrected chi connectivity index (χ2v) is 5.78. The zero-order chi connectivity index (χ0) is 14.5. The van der Waals surface area contributed by atoms with Crippen molar-refractivity contribution in [3.05, 3.63) is 66.0 Å². The third-order valence-corrected chi connectivity index (χ3v) is 4.46. The molecule has 3 nitrogen and oxygen atoms in total. The van der Waals surface area contributed by atoms with Crippen LogP contribution in [0.4, 0.5) is 0 Å². The monoisotopic (exact) mass is 280 g/mol. The van der Waals surface area contributed by atoms with Crippen molar-refractivity contribution < 1.29 is 4.79 Å². The molecule has 1 heterocycles. The van der Waals surface area contributed by atoms with Crippen LogP contribution in [0.5, 0.6) is 0 Å². The molecule has 1 amide bonds. The first-order valence-electron chi connectivity index (χ1n) is 7.54. The summed E-state index contributed by atoms with van der Waals surface area (Å²) >= 11 is 0. The van der Waals surface area contributed by atoms with Crippen LogP contribution < -0.4 is 5.32 Å². The molecule has 3 rings (SSSR count). The minimum atomic E-state index is -0.0368. The first kappa shape index (κ1) is 13.8. The standard InChI is InChI=1S/C18H20N2O/c21-17(15-7-6-12-19-13-15)20-14-18(10-4-5-11-18)16-8-2-1-3-9-16/h1-3,6-9,12-13H,4-5,10-11,14H2,(H,20,21). The van der Waals surface area contributed by atoms with Gasteiger partial charge in [0.1, 0.15) is 0 Å². The summed E-state index contributed by atoms with van der Waals surface area (Å²) in [7, 11) is 0. The van der Waals surface area contributed by atoms with E-state index >= 15 is 0 Å². The van der Waals surface area contributed by atoms with E-state index in [1.165, 1.54) is 18.4 Å². The Labute approximate surface area is 125 Å². The number of carbonyl (C=O) groups excluding carboxylic acids is 1. The van der Waals surface area contributed by atoms with E-state index in [1.54, 1.807) is 24.5 Å². The number of hydrogen-bond donors (Lipinski definition) is 1. The van der Waals surface area contributed by atoms with Crippen molar-refractivity contribution in [1.29, 1.82) is 0 Å². The normalized spacial score (nSPS) is 16.6. The lowest BCUT2D eigenvalue weighted by molar-refractivity contribution is 0.0942. The van der Waals surface area contributed by atoms with Crippen LogP contribution in [-0.2, 0) is 5.41 Å². The first-order chi connectivity index (χ1) is 10.3. The molecule has 1 aliphatic rings. The van der Waals surface area contributed by atoms with Crippen LogP contribution in [0.3, 0.4) is 0 Å². The largest absolute Gasteiger partial charge is 0.351 e. The van der Waals surface area contributed by atoms with Crippen LogP contribution in [0, 0.1) is 0 Å². The fraction of sp³-hybridized carbons (Fsp3) is 0.333. The van der Waals surface area contributed by atoms with Gasteiger partial charge in [0, 0.05) is 24.4 Å². The van der Waals surface area contributed by atoms with Gasteiger partial charge in [0.05, 0.1) is 5.56 Å². The summed E-state index contributed by atoms with van der Waals surface area (Å²) in [5.74, 6) is -0.0368. The van der Waals surface area contributed by atoms with Gasteiger partial charge in [-0.3, -0.25) is 9.78 Å². The van der Waals surface area contributed by atoms with Gasteiger partial charge in [-0.25, -0.2) is 0 Å². The van der Waals surface area contributed by atoms with Crippen molar-refractivity contribution in [1.82, 2.24) is 10.3 Å².